The van der Waals surface area contributed by atoms with Gasteiger partial charge < -0.3 is 10.2 Å². The molecule has 1 aromatic heterocycles. The van der Waals surface area contributed by atoms with Crippen LogP contribution in [0.5, 0.6) is 0 Å². The fraction of sp³-hybridized carbons (Fsp3) is 0.368. The van der Waals surface area contributed by atoms with E-state index >= 15 is 0 Å². The van der Waals surface area contributed by atoms with Gasteiger partial charge in [-0.05, 0) is 42.0 Å². The first-order chi connectivity index (χ1) is 12.8. The van der Waals surface area contributed by atoms with Gasteiger partial charge in [0.1, 0.15) is 0 Å². The Kier molecular flexibility index (Phi) is 5.84. The average molecular weight is 396 g/mol. The maximum absolute atomic E-state index is 12.8. The summed E-state index contributed by atoms with van der Waals surface area (Å²) in [6, 6.07) is 8.47. The zero-order valence-electron chi connectivity index (χ0n) is 14.5. The number of piperidine rings is 1. The third-order valence-electron chi connectivity index (χ3n) is 4.53. The lowest BCUT2D eigenvalue weighted by molar-refractivity contribution is -0.137. The van der Waals surface area contributed by atoms with Gasteiger partial charge in [-0.2, -0.15) is 13.2 Å². The summed E-state index contributed by atoms with van der Waals surface area (Å²) in [6.45, 7) is 0.956. The molecule has 0 bridgehead atoms. The number of likely N-dealkylation sites (tertiary alicyclic amines) is 1. The molecule has 8 heteroatoms. The molecule has 1 N–H and O–H groups in total. The van der Waals surface area contributed by atoms with Crippen molar-refractivity contribution >= 4 is 23.2 Å². The topological polar surface area (TPSA) is 49.4 Å². The monoisotopic (exact) mass is 396 g/mol. The molecule has 4 nitrogen and oxygen atoms in total. The fourth-order valence-electron chi connectivity index (χ4n) is 3.12. The van der Waals surface area contributed by atoms with Crippen LogP contribution in [0.15, 0.2) is 41.8 Å². The number of thiophene rings is 1. The Bertz CT molecular complexity index is 806. The third kappa shape index (κ3) is 4.88. The number of nitrogens with one attached hydrogen (secondary N) is 1. The number of carbonyl (C=O) groups is 2. The van der Waals surface area contributed by atoms with Gasteiger partial charge in [0.25, 0.3) is 5.91 Å². The van der Waals surface area contributed by atoms with Crippen LogP contribution in [0.3, 0.4) is 0 Å². The summed E-state index contributed by atoms with van der Waals surface area (Å²) in [5.41, 5.74) is -0.347. The van der Waals surface area contributed by atoms with E-state index in [0.717, 1.165) is 18.6 Å². The number of nitrogens with zero attached hydrogens (tertiary/aromatic N) is 1. The van der Waals surface area contributed by atoms with E-state index in [2.05, 4.69) is 5.32 Å². The number of hydrogen-bond donors (Lipinski definition) is 1. The maximum atomic E-state index is 12.8. The van der Waals surface area contributed by atoms with E-state index in [4.69, 9.17) is 0 Å². The van der Waals surface area contributed by atoms with Gasteiger partial charge >= 0.3 is 6.18 Å². The third-order valence-corrected chi connectivity index (χ3v) is 5.39. The highest BCUT2D eigenvalue weighted by molar-refractivity contribution is 7.12. The van der Waals surface area contributed by atoms with Crippen molar-refractivity contribution in [3.8, 4) is 0 Å². The van der Waals surface area contributed by atoms with E-state index in [-0.39, 0.29) is 24.3 Å². The van der Waals surface area contributed by atoms with E-state index in [1.54, 1.807) is 23.1 Å². The molecule has 2 heterocycles. The summed E-state index contributed by atoms with van der Waals surface area (Å²) in [6.07, 6.45) is -3.03. The Morgan fingerprint density at radius 2 is 2.04 bits per heavy atom. The second-order valence-electron chi connectivity index (χ2n) is 6.48. The number of hydrogen-bond acceptors (Lipinski definition) is 3. The van der Waals surface area contributed by atoms with Crippen molar-refractivity contribution in [3.63, 3.8) is 0 Å². The van der Waals surface area contributed by atoms with Crippen molar-refractivity contribution in [1.29, 1.82) is 0 Å². The predicted molar refractivity (Wildman–Crippen MR) is 96.2 cm³/mol. The Morgan fingerprint density at radius 1 is 1.22 bits per heavy atom. The van der Waals surface area contributed by atoms with Crippen LogP contribution in [0.1, 0.15) is 33.6 Å². The van der Waals surface area contributed by atoms with Gasteiger partial charge in [0.15, 0.2) is 0 Å². The lowest BCUT2D eigenvalue weighted by Crippen LogP contribution is -2.45. The largest absolute Gasteiger partial charge is 0.416 e. The van der Waals surface area contributed by atoms with Crippen molar-refractivity contribution in [2.75, 3.05) is 13.1 Å². The first-order valence-electron chi connectivity index (χ1n) is 8.61. The molecular formula is C19H19F3N2O2S. The normalized spacial score (nSPS) is 17.6. The van der Waals surface area contributed by atoms with Gasteiger partial charge in [-0.3, -0.25) is 9.59 Å². The van der Waals surface area contributed by atoms with E-state index in [9.17, 15) is 22.8 Å². The molecule has 1 unspecified atom stereocenters. The van der Waals surface area contributed by atoms with Crippen LogP contribution >= 0.6 is 11.3 Å². The Labute approximate surface area is 159 Å². The van der Waals surface area contributed by atoms with Crippen LogP contribution in [-0.2, 0) is 17.5 Å². The number of carbonyl (C=O) groups excluding carboxylic acids is 2. The molecule has 1 atom stereocenters. The smallest absolute Gasteiger partial charge is 0.352 e. The lowest BCUT2D eigenvalue weighted by atomic mass is 9.96. The molecule has 3 rings (SSSR count). The second-order valence-corrected chi connectivity index (χ2v) is 7.43. The molecule has 0 saturated carbocycles. The van der Waals surface area contributed by atoms with Gasteiger partial charge in [-0.15, -0.1) is 11.3 Å². The lowest BCUT2D eigenvalue weighted by Gasteiger charge is -2.31. The summed E-state index contributed by atoms with van der Waals surface area (Å²) in [5, 5.41) is 4.53. The molecular weight excluding hydrogens is 377 g/mol. The summed E-state index contributed by atoms with van der Waals surface area (Å²) in [5.74, 6) is -0.676. The van der Waals surface area contributed by atoms with Crippen molar-refractivity contribution < 1.29 is 22.8 Å². The van der Waals surface area contributed by atoms with Crippen LogP contribution in [0.4, 0.5) is 13.2 Å². The van der Waals surface area contributed by atoms with Crippen LogP contribution < -0.4 is 5.32 Å². The molecule has 0 spiro atoms. The highest BCUT2D eigenvalue weighted by atomic mass is 32.1. The van der Waals surface area contributed by atoms with Crippen LogP contribution in [0, 0.1) is 5.92 Å². The second kappa shape index (κ2) is 8.12. The predicted octanol–water partition coefficient (Wildman–Crippen LogP) is 3.94. The molecule has 144 valence electrons. The molecule has 1 aromatic carbocycles. The number of rotatable bonds is 4. The first-order valence-corrected chi connectivity index (χ1v) is 9.49. The van der Waals surface area contributed by atoms with Gasteiger partial charge in [-0.25, -0.2) is 0 Å². The standard InChI is InChI=1S/C19H19F3N2O2S/c20-19(21,22)15-6-1-4-13(10-15)11-23-17(25)14-5-2-8-24(12-14)18(26)16-7-3-9-27-16/h1,3-4,6-7,9-10,14H,2,5,8,11-12H2,(H,23,25). The molecule has 0 radical (unpaired) electrons. The Morgan fingerprint density at radius 3 is 2.74 bits per heavy atom. The molecule has 1 saturated heterocycles. The molecule has 2 aromatic rings. The highest BCUT2D eigenvalue weighted by Gasteiger charge is 2.31. The van der Waals surface area contributed by atoms with Gasteiger partial charge in [0, 0.05) is 19.6 Å². The number of halogens is 3. The minimum Gasteiger partial charge on any atom is -0.352 e. The highest BCUT2D eigenvalue weighted by Crippen LogP contribution is 2.29. The molecule has 2 amide bonds. The summed E-state index contributed by atoms with van der Waals surface area (Å²) in [4.78, 5) is 27.2. The van der Waals surface area contributed by atoms with Crippen molar-refractivity contribution in [1.82, 2.24) is 10.2 Å². The van der Waals surface area contributed by atoms with Crippen molar-refractivity contribution in [3.05, 3.63) is 57.8 Å². The Balaban J connectivity index is 1.57. The van der Waals surface area contributed by atoms with Crippen LogP contribution in [0.25, 0.3) is 0 Å². The number of benzene rings is 1. The molecule has 27 heavy (non-hydrogen) atoms. The van der Waals surface area contributed by atoms with Crippen molar-refractivity contribution in [2.45, 2.75) is 25.6 Å². The maximum Gasteiger partial charge on any atom is 0.416 e. The minimum absolute atomic E-state index is 0.0259. The number of amides is 2. The summed E-state index contributed by atoms with van der Waals surface area (Å²) >= 11 is 1.36. The van der Waals surface area contributed by atoms with Crippen molar-refractivity contribution in [2.24, 2.45) is 5.92 Å². The fourth-order valence-corrected chi connectivity index (χ4v) is 3.81. The van der Waals surface area contributed by atoms with E-state index in [1.807, 2.05) is 5.38 Å². The zero-order valence-corrected chi connectivity index (χ0v) is 15.3. The molecule has 1 aliphatic heterocycles. The van der Waals surface area contributed by atoms with E-state index < -0.39 is 11.7 Å². The van der Waals surface area contributed by atoms with Gasteiger partial charge in [-0.1, -0.05) is 18.2 Å². The first kappa shape index (κ1) is 19.4. The average Bonchev–Trinajstić information content (AvgIpc) is 3.20. The SMILES string of the molecule is O=C(NCc1cccc(C(F)(F)F)c1)C1CCCN(C(=O)c2cccs2)C1. The summed E-state index contributed by atoms with van der Waals surface area (Å²) < 4.78 is 38.3. The molecule has 1 aliphatic rings. The molecule has 1 fully saturated rings. The number of alkyl halides is 3. The van der Waals surface area contributed by atoms with E-state index in [1.165, 1.54) is 17.4 Å². The van der Waals surface area contributed by atoms with Crippen LogP contribution in [-0.4, -0.2) is 29.8 Å². The van der Waals surface area contributed by atoms with E-state index in [0.29, 0.717) is 30.0 Å². The minimum atomic E-state index is -4.41. The Hall–Kier alpha value is -2.35. The van der Waals surface area contributed by atoms with Gasteiger partial charge in [0.2, 0.25) is 5.91 Å². The quantitative estimate of drug-likeness (QED) is 0.851. The molecule has 0 aliphatic carbocycles. The summed E-state index contributed by atoms with van der Waals surface area (Å²) in [7, 11) is 0. The zero-order chi connectivity index (χ0) is 19.4. The van der Waals surface area contributed by atoms with Crippen LogP contribution in [0.2, 0.25) is 0 Å². The van der Waals surface area contributed by atoms with Gasteiger partial charge in [0.05, 0.1) is 16.4 Å².